The number of rotatable bonds is 54. The number of hydrogen-bond donors (Lipinski definition) is 2. The number of amides is 1. The Kier molecular flexibility index (Phi) is 50.2. The first-order valence-electron chi connectivity index (χ1n) is 29.5. The number of quaternary nitrogens is 1. The zero-order valence-electron chi connectivity index (χ0n) is 46.3. The highest BCUT2D eigenvalue weighted by Gasteiger charge is 2.23. The third-order valence-electron chi connectivity index (χ3n) is 13.3. The highest BCUT2D eigenvalue weighted by molar-refractivity contribution is 7.45. The Labute approximate surface area is 429 Å². The van der Waals surface area contributed by atoms with Gasteiger partial charge in [-0.2, -0.15) is 0 Å². The summed E-state index contributed by atoms with van der Waals surface area (Å²) in [6.07, 6.45) is 68.1. The molecule has 0 spiro atoms. The zero-order chi connectivity index (χ0) is 50.6. The lowest BCUT2D eigenvalue weighted by Crippen LogP contribution is -2.45. The van der Waals surface area contributed by atoms with E-state index in [2.05, 4.69) is 55.6 Å². The standard InChI is InChI=1S/C60H115N2O6P/c1-6-8-10-12-14-16-17-18-19-20-21-22-23-24-25-26-27-28-29-30-31-32-33-34-35-36-37-38-39-40-41-42-43-44-45-46-48-50-52-54-60(64)61-58(57-68-69(65,66)67-56-55-62(3,4)5)59(63)53-51-49-47-15-13-11-9-7-2/h17-18,20-21,23-24,51,53,58-59,63H,6-16,19,22,25-50,52,54-57H2,1-5H3,(H-,61,64,65,66)/b18-17-,21-20-,24-23-,53-51+. The number of carbonyl (C=O) groups is 1. The van der Waals surface area contributed by atoms with Crippen LogP contribution in [0.25, 0.3) is 0 Å². The third kappa shape index (κ3) is 54.1. The Hall–Kier alpha value is -1.54. The van der Waals surface area contributed by atoms with E-state index in [1.165, 1.54) is 205 Å². The molecule has 9 heteroatoms. The highest BCUT2D eigenvalue weighted by atomic mass is 31.2. The fourth-order valence-electron chi connectivity index (χ4n) is 8.63. The molecule has 0 radical (unpaired) electrons. The van der Waals surface area contributed by atoms with E-state index in [0.717, 1.165) is 51.4 Å². The van der Waals surface area contributed by atoms with Crippen LogP contribution in [0.3, 0.4) is 0 Å². The number of aliphatic hydroxyl groups excluding tert-OH is 1. The van der Waals surface area contributed by atoms with Gasteiger partial charge in [0.25, 0.3) is 7.82 Å². The number of unbranched alkanes of at least 4 members (excludes halogenated alkanes) is 35. The summed E-state index contributed by atoms with van der Waals surface area (Å²) in [5.41, 5.74) is 0. The fourth-order valence-corrected chi connectivity index (χ4v) is 9.36. The quantitative estimate of drug-likeness (QED) is 0.0272. The molecule has 0 saturated carbocycles. The molecule has 2 N–H and O–H groups in total. The van der Waals surface area contributed by atoms with E-state index >= 15 is 0 Å². The van der Waals surface area contributed by atoms with Crippen LogP contribution in [0.4, 0.5) is 0 Å². The van der Waals surface area contributed by atoms with Crippen LogP contribution < -0.4 is 10.2 Å². The van der Waals surface area contributed by atoms with Crippen molar-refractivity contribution in [2.45, 2.75) is 289 Å². The van der Waals surface area contributed by atoms with Crippen molar-refractivity contribution in [2.24, 2.45) is 0 Å². The number of aliphatic hydroxyl groups is 1. The molecule has 0 rings (SSSR count). The Balaban J connectivity index is 3.78. The first-order chi connectivity index (χ1) is 33.5. The van der Waals surface area contributed by atoms with Gasteiger partial charge in [0.05, 0.1) is 39.9 Å². The first kappa shape index (κ1) is 67.5. The van der Waals surface area contributed by atoms with Gasteiger partial charge in [-0.1, -0.05) is 262 Å². The second-order valence-electron chi connectivity index (χ2n) is 21.4. The second-order valence-corrected chi connectivity index (χ2v) is 22.8. The van der Waals surface area contributed by atoms with E-state index in [9.17, 15) is 19.4 Å². The molecule has 0 saturated heterocycles. The zero-order valence-corrected chi connectivity index (χ0v) is 47.2. The number of carbonyl (C=O) groups excluding carboxylic acids is 1. The van der Waals surface area contributed by atoms with Crippen molar-refractivity contribution in [3.63, 3.8) is 0 Å². The van der Waals surface area contributed by atoms with Gasteiger partial charge in [-0.05, 0) is 57.8 Å². The number of hydrogen-bond acceptors (Lipinski definition) is 6. The maximum absolute atomic E-state index is 12.9. The number of likely N-dealkylation sites (N-methyl/N-ethyl adjacent to an activating group) is 1. The molecule has 8 nitrogen and oxygen atoms in total. The van der Waals surface area contributed by atoms with Crippen LogP contribution in [0.5, 0.6) is 0 Å². The van der Waals surface area contributed by atoms with Crippen LogP contribution in [0.1, 0.15) is 277 Å². The number of nitrogens with zero attached hydrogens (tertiary/aromatic N) is 1. The smallest absolute Gasteiger partial charge is 0.268 e. The third-order valence-corrected chi connectivity index (χ3v) is 14.2. The number of phosphoric ester groups is 1. The Morgan fingerprint density at radius 3 is 1.22 bits per heavy atom. The molecule has 0 heterocycles. The predicted molar refractivity (Wildman–Crippen MR) is 298 cm³/mol. The molecular weight excluding hydrogens is 876 g/mol. The minimum Gasteiger partial charge on any atom is -0.756 e. The average Bonchev–Trinajstić information content (AvgIpc) is 3.31. The molecule has 0 aromatic heterocycles. The van der Waals surface area contributed by atoms with Gasteiger partial charge < -0.3 is 28.8 Å². The molecule has 0 aromatic carbocycles. The SMILES string of the molecule is CCCCCCC/C=C\C/C=C\C/C=C\CCCCCCCCCCCCCCCCCCCCCCCCCCC(=O)NC(COP(=O)([O-])OCC[N+](C)(C)C)C(O)/C=C/CCCCCCCC. The van der Waals surface area contributed by atoms with E-state index in [1.54, 1.807) is 6.08 Å². The Morgan fingerprint density at radius 2 is 0.841 bits per heavy atom. The van der Waals surface area contributed by atoms with Gasteiger partial charge >= 0.3 is 0 Å². The summed E-state index contributed by atoms with van der Waals surface area (Å²) in [6, 6.07) is -0.882. The second kappa shape index (κ2) is 51.4. The molecule has 0 aliphatic rings. The van der Waals surface area contributed by atoms with Crippen LogP contribution in [-0.4, -0.2) is 68.5 Å². The van der Waals surface area contributed by atoms with Crippen molar-refractivity contribution in [3.8, 4) is 0 Å². The van der Waals surface area contributed by atoms with E-state index in [4.69, 9.17) is 9.05 Å². The van der Waals surface area contributed by atoms with E-state index in [0.29, 0.717) is 17.4 Å². The molecule has 0 fully saturated rings. The van der Waals surface area contributed by atoms with Crippen molar-refractivity contribution in [1.29, 1.82) is 0 Å². The molecule has 0 aliphatic carbocycles. The Morgan fingerprint density at radius 1 is 0.507 bits per heavy atom. The minimum atomic E-state index is -4.58. The van der Waals surface area contributed by atoms with Gasteiger partial charge in [0.15, 0.2) is 0 Å². The summed E-state index contributed by atoms with van der Waals surface area (Å²) < 4.78 is 23.2. The first-order valence-corrected chi connectivity index (χ1v) is 31.0. The molecular formula is C60H115N2O6P. The molecule has 0 bridgehead atoms. The minimum absolute atomic E-state index is 0.000258. The number of allylic oxidation sites excluding steroid dienone is 7. The summed E-state index contributed by atoms with van der Waals surface area (Å²) in [5, 5.41) is 13.7. The van der Waals surface area contributed by atoms with Crippen molar-refractivity contribution < 1.29 is 32.9 Å². The molecule has 69 heavy (non-hydrogen) atoms. The molecule has 0 aliphatic heterocycles. The molecule has 1 amide bonds. The van der Waals surface area contributed by atoms with Crippen molar-refractivity contribution in [3.05, 3.63) is 48.6 Å². The molecule has 0 aromatic rings. The molecule has 3 atom stereocenters. The maximum atomic E-state index is 12.9. The van der Waals surface area contributed by atoms with Gasteiger partial charge in [0.1, 0.15) is 13.2 Å². The van der Waals surface area contributed by atoms with E-state index in [-0.39, 0.29) is 19.1 Å². The lowest BCUT2D eigenvalue weighted by atomic mass is 10.0. The summed E-state index contributed by atoms with van der Waals surface area (Å²) in [6.45, 7) is 4.60. The topological polar surface area (TPSA) is 108 Å². The summed E-state index contributed by atoms with van der Waals surface area (Å²) >= 11 is 0. The van der Waals surface area contributed by atoms with Gasteiger partial charge in [0, 0.05) is 6.42 Å². The maximum Gasteiger partial charge on any atom is 0.268 e. The van der Waals surface area contributed by atoms with Crippen LogP contribution in [-0.2, 0) is 18.4 Å². The highest BCUT2D eigenvalue weighted by Crippen LogP contribution is 2.38. The number of nitrogens with one attached hydrogen (secondary N) is 1. The summed E-state index contributed by atoms with van der Waals surface area (Å²) in [4.78, 5) is 25.3. The normalized spacial score (nSPS) is 14.2. The van der Waals surface area contributed by atoms with Crippen molar-refractivity contribution >= 4 is 13.7 Å². The van der Waals surface area contributed by atoms with Gasteiger partial charge in [0.2, 0.25) is 5.91 Å². The Bertz CT molecular complexity index is 1260. The number of phosphoric acid groups is 1. The lowest BCUT2D eigenvalue weighted by molar-refractivity contribution is -0.870. The lowest BCUT2D eigenvalue weighted by Gasteiger charge is -2.29. The summed E-state index contributed by atoms with van der Waals surface area (Å²) in [5.74, 6) is -0.197. The van der Waals surface area contributed by atoms with E-state index in [1.807, 2.05) is 27.2 Å². The van der Waals surface area contributed by atoms with Crippen molar-refractivity contribution in [1.82, 2.24) is 5.32 Å². The summed E-state index contributed by atoms with van der Waals surface area (Å²) in [7, 11) is 1.27. The molecule has 3 unspecified atom stereocenters. The molecule has 406 valence electrons. The van der Waals surface area contributed by atoms with Crippen LogP contribution in [0, 0.1) is 0 Å². The predicted octanol–water partition coefficient (Wildman–Crippen LogP) is 17.3. The fraction of sp³-hybridized carbons (Fsp3) is 0.850. The van der Waals surface area contributed by atoms with Crippen LogP contribution >= 0.6 is 7.82 Å². The average molecular weight is 992 g/mol. The van der Waals surface area contributed by atoms with Crippen LogP contribution in [0.15, 0.2) is 48.6 Å². The largest absolute Gasteiger partial charge is 0.756 e. The van der Waals surface area contributed by atoms with Crippen molar-refractivity contribution in [2.75, 3.05) is 40.9 Å². The van der Waals surface area contributed by atoms with Gasteiger partial charge in [-0.3, -0.25) is 9.36 Å². The van der Waals surface area contributed by atoms with Gasteiger partial charge in [-0.25, -0.2) is 0 Å². The van der Waals surface area contributed by atoms with Crippen LogP contribution in [0.2, 0.25) is 0 Å². The van der Waals surface area contributed by atoms with E-state index < -0.39 is 20.0 Å². The van der Waals surface area contributed by atoms with Gasteiger partial charge in [-0.15, -0.1) is 0 Å². The monoisotopic (exact) mass is 991 g/mol.